The molecule has 0 aliphatic carbocycles. The third kappa shape index (κ3) is 6.75. The van der Waals surface area contributed by atoms with Gasteiger partial charge in [-0.05, 0) is 62.4 Å². The predicted molar refractivity (Wildman–Crippen MR) is 103 cm³/mol. The van der Waals surface area contributed by atoms with E-state index in [1.807, 2.05) is 25.1 Å². The van der Waals surface area contributed by atoms with E-state index in [1.54, 1.807) is 7.11 Å². The van der Waals surface area contributed by atoms with Crippen LogP contribution >= 0.6 is 12.4 Å². The first-order chi connectivity index (χ1) is 11.6. The average Bonchev–Trinajstić information content (AvgIpc) is 2.61. The molecular weight excluding hydrogens is 340 g/mol. The van der Waals surface area contributed by atoms with Gasteiger partial charge in [-0.25, -0.2) is 0 Å². The second-order valence-electron chi connectivity index (χ2n) is 6.48. The largest absolute Gasteiger partial charge is 0.493 e. The zero-order chi connectivity index (χ0) is 17.4. The summed E-state index contributed by atoms with van der Waals surface area (Å²) in [5.74, 6) is 2.56. The molecule has 1 fully saturated rings. The van der Waals surface area contributed by atoms with Crippen molar-refractivity contribution >= 4 is 18.3 Å². The van der Waals surface area contributed by atoms with Gasteiger partial charge in [0.25, 0.3) is 0 Å². The van der Waals surface area contributed by atoms with Gasteiger partial charge in [0.05, 0.1) is 13.7 Å². The molecule has 1 heterocycles. The van der Waals surface area contributed by atoms with Gasteiger partial charge in [0.2, 0.25) is 5.91 Å². The van der Waals surface area contributed by atoms with Gasteiger partial charge in [0.15, 0.2) is 11.5 Å². The van der Waals surface area contributed by atoms with Gasteiger partial charge >= 0.3 is 0 Å². The standard InChI is InChI=1S/C19H30N2O3.ClH/c1-4-24-17-8-7-15(11-18(17)23-3)12-21-19(22)10-14(2)16-6-5-9-20-13-16;/h7-8,11,14,16,20H,4-6,9-10,12-13H2,1-3H3,(H,21,22);1H. The van der Waals surface area contributed by atoms with Gasteiger partial charge in [-0.15, -0.1) is 12.4 Å². The van der Waals surface area contributed by atoms with Crippen LogP contribution in [0.25, 0.3) is 0 Å². The third-order valence-corrected chi connectivity index (χ3v) is 4.66. The Morgan fingerprint density at radius 2 is 2.20 bits per heavy atom. The summed E-state index contributed by atoms with van der Waals surface area (Å²) in [6, 6.07) is 5.77. The average molecular weight is 371 g/mol. The number of methoxy groups -OCH3 is 1. The van der Waals surface area contributed by atoms with Crippen molar-refractivity contribution < 1.29 is 14.3 Å². The second-order valence-corrected chi connectivity index (χ2v) is 6.48. The van der Waals surface area contributed by atoms with E-state index in [0.717, 1.165) is 24.4 Å². The maximum Gasteiger partial charge on any atom is 0.220 e. The molecular formula is C19H31ClN2O3. The lowest BCUT2D eigenvalue weighted by atomic mass is 9.85. The fourth-order valence-electron chi connectivity index (χ4n) is 3.19. The smallest absolute Gasteiger partial charge is 0.220 e. The summed E-state index contributed by atoms with van der Waals surface area (Å²) in [6.07, 6.45) is 3.01. The Balaban J connectivity index is 0.00000312. The highest BCUT2D eigenvalue weighted by atomic mass is 35.5. The Kier molecular flexibility index (Phi) is 9.68. The number of benzene rings is 1. The molecule has 2 N–H and O–H groups in total. The number of ether oxygens (including phenoxy) is 2. The van der Waals surface area contributed by atoms with Crippen LogP contribution in [-0.2, 0) is 11.3 Å². The number of carbonyl (C=O) groups is 1. The maximum atomic E-state index is 12.2. The highest BCUT2D eigenvalue weighted by molar-refractivity contribution is 5.85. The first-order valence-electron chi connectivity index (χ1n) is 8.91. The highest BCUT2D eigenvalue weighted by Gasteiger charge is 2.21. The third-order valence-electron chi connectivity index (χ3n) is 4.66. The summed E-state index contributed by atoms with van der Waals surface area (Å²) in [5.41, 5.74) is 1.01. The van der Waals surface area contributed by atoms with E-state index in [9.17, 15) is 4.79 Å². The first kappa shape index (κ1) is 21.6. The van der Waals surface area contributed by atoms with Crippen molar-refractivity contribution in [1.29, 1.82) is 0 Å². The Bertz CT molecular complexity index is 533. The van der Waals surface area contributed by atoms with Crippen molar-refractivity contribution in [1.82, 2.24) is 10.6 Å². The molecule has 1 aromatic carbocycles. The van der Waals surface area contributed by atoms with Crippen LogP contribution in [0.15, 0.2) is 18.2 Å². The molecule has 6 heteroatoms. The highest BCUT2D eigenvalue weighted by Crippen LogP contribution is 2.28. The molecule has 2 atom stereocenters. The molecule has 1 saturated heterocycles. The van der Waals surface area contributed by atoms with Gasteiger partial charge in [0, 0.05) is 13.0 Å². The fourth-order valence-corrected chi connectivity index (χ4v) is 3.19. The van der Waals surface area contributed by atoms with Crippen molar-refractivity contribution in [2.24, 2.45) is 11.8 Å². The van der Waals surface area contributed by atoms with E-state index in [1.165, 1.54) is 12.8 Å². The van der Waals surface area contributed by atoms with Crippen LogP contribution in [-0.4, -0.2) is 32.7 Å². The molecule has 1 aliphatic heterocycles. The van der Waals surface area contributed by atoms with E-state index in [2.05, 4.69) is 17.6 Å². The summed E-state index contributed by atoms with van der Waals surface area (Å²) in [4.78, 5) is 12.2. The van der Waals surface area contributed by atoms with Crippen LogP contribution in [0.2, 0.25) is 0 Å². The van der Waals surface area contributed by atoms with E-state index in [-0.39, 0.29) is 18.3 Å². The fraction of sp³-hybridized carbons (Fsp3) is 0.632. The zero-order valence-corrected chi connectivity index (χ0v) is 16.3. The molecule has 1 amide bonds. The number of carbonyl (C=O) groups excluding carboxylic acids is 1. The molecule has 0 saturated carbocycles. The van der Waals surface area contributed by atoms with Crippen LogP contribution in [0.1, 0.15) is 38.7 Å². The monoisotopic (exact) mass is 370 g/mol. The molecule has 25 heavy (non-hydrogen) atoms. The number of rotatable bonds is 8. The van der Waals surface area contributed by atoms with Gasteiger partial charge in [0.1, 0.15) is 0 Å². The number of nitrogens with one attached hydrogen (secondary N) is 2. The minimum atomic E-state index is 0. The zero-order valence-electron chi connectivity index (χ0n) is 15.5. The summed E-state index contributed by atoms with van der Waals surface area (Å²) in [5, 5.41) is 6.43. The molecule has 0 radical (unpaired) electrons. The number of halogens is 1. The molecule has 2 unspecified atom stereocenters. The molecule has 2 rings (SSSR count). The number of hydrogen-bond donors (Lipinski definition) is 2. The van der Waals surface area contributed by atoms with E-state index in [4.69, 9.17) is 9.47 Å². The Morgan fingerprint density at radius 1 is 1.40 bits per heavy atom. The molecule has 1 aromatic rings. The molecule has 0 spiro atoms. The lowest BCUT2D eigenvalue weighted by Gasteiger charge is -2.28. The van der Waals surface area contributed by atoms with Crippen molar-refractivity contribution in [3.8, 4) is 11.5 Å². The van der Waals surface area contributed by atoms with Gasteiger partial charge in [-0.2, -0.15) is 0 Å². The molecule has 142 valence electrons. The van der Waals surface area contributed by atoms with Crippen LogP contribution in [0, 0.1) is 11.8 Å². The Hall–Kier alpha value is -1.46. The second kappa shape index (κ2) is 11.2. The lowest BCUT2D eigenvalue weighted by Crippen LogP contribution is -2.35. The Labute approximate surface area is 157 Å². The first-order valence-corrected chi connectivity index (χ1v) is 8.91. The predicted octanol–water partition coefficient (Wildman–Crippen LogP) is 3.16. The van der Waals surface area contributed by atoms with Crippen LogP contribution in [0.3, 0.4) is 0 Å². The number of piperidine rings is 1. The van der Waals surface area contributed by atoms with Crippen LogP contribution in [0.5, 0.6) is 11.5 Å². The number of hydrogen-bond acceptors (Lipinski definition) is 4. The van der Waals surface area contributed by atoms with Gasteiger partial charge in [-0.1, -0.05) is 13.0 Å². The Morgan fingerprint density at radius 3 is 2.84 bits per heavy atom. The van der Waals surface area contributed by atoms with Gasteiger partial charge in [-0.3, -0.25) is 4.79 Å². The number of amides is 1. The minimum absolute atomic E-state index is 0. The van der Waals surface area contributed by atoms with Crippen molar-refractivity contribution in [2.45, 2.75) is 39.7 Å². The van der Waals surface area contributed by atoms with Gasteiger partial charge < -0.3 is 20.1 Å². The summed E-state index contributed by atoms with van der Waals surface area (Å²) in [6.45, 7) is 7.37. The quantitative estimate of drug-likeness (QED) is 0.738. The van der Waals surface area contributed by atoms with E-state index >= 15 is 0 Å². The van der Waals surface area contributed by atoms with Crippen molar-refractivity contribution in [3.05, 3.63) is 23.8 Å². The normalized spacial score (nSPS) is 18.0. The minimum Gasteiger partial charge on any atom is -0.493 e. The van der Waals surface area contributed by atoms with Crippen molar-refractivity contribution in [3.63, 3.8) is 0 Å². The topological polar surface area (TPSA) is 59.6 Å². The van der Waals surface area contributed by atoms with E-state index < -0.39 is 0 Å². The lowest BCUT2D eigenvalue weighted by molar-refractivity contribution is -0.122. The summed E-state index contributed by atoms with van der Waals surface area (Å²) in [7, 11) is 1.63. The summed E-state index contributed by atoms with van der Waals surface area (Å²) >= 11 is 0. The van der Waals surface area contributed by atoms with Crippen LogP contribution in [0.4, 0.5) is 0 Å². The summed E-state index contributed by atoms with van der Waals surface area (Å²) < 4.78 is 10.9. The van der Waals surface area contributed by atoms with Crippen molar-refractivity contribution in [2.75, 3.05) is 26.8 Å². The molecule has 0 bridgehead atoms. The molecule has 5 nitrogen and oxygen atoms in total. The van der Waals surface area contributed by atoms with E-state index in [0.29, 0.717) is 37.2 Å². The molecule has 0 aromatic heterocycles. The molecule has 1 aliphatic rings. The maximum absolute atomic E-state index is 12.2. The SMILES string of the molecule is CCOc1ccc(CNC(=O)CC(C)C2CCCNC2)cc1OC.Cl. The van der Waals surface area contributed by atoms with Crippen LogP contribution < -0.4 is 20.1 Å².